The molecule has 1 N–H and O–H groups in total. The molecular formula is C14H13BrN2O2. The minimum absolute atomic E-state index is 0.101. The van der Waals surface area contributed by atoms with E-state index in [0.29, 0.717) is 16.9 Å². The van der Waals surface area contributed by atoms with Crippen LogP contribution in [-0.4, -0.2) is 23.6 Å². The van der Waals surface area contributed by atoms with E-state index < -0.39 is 0 Å². The highest BCUT2D eigenvalue weighted by Crippen LogP contribution is 2.30. The number of nitrogens with zero attached hydrogens (tertiary/aromatic N) is 1. The lowest BCUT2D eigenvalue weighted by atomic mass is 10.1. The van der Waals surface area contributed by atoms with E-state index in [1.54, 1.807) is 6.20 Å². The largest absolute Gasteiger partial charge is 0.368 e. The van der Waals surface area contributed by atoms with Crippen molar-refractivity contribution in [1.29, 1.82) is 0 Å². The van der Waals surface area contributed by atoms with Gasteiger partial charge < -0.3 is 10.1 Å². The summed E-state index contributed by atoms with van der Waals surface area (Å²) in [5.41, 5.74) is 0.707. The van der Waals surface area contributed by atoms with Gasteiger partial charge in [-0.05, 0) is 28.8 Å². The molecule has 1 aliphatic heterocycles. The third kappa shape index (κ3) is 2.48. The quantitative estimate of drug-likeness (QED) is 0.865. The zero-order valence-electron chi connectivity index (χ0n) is 10.2. The lowest BCUT2D eigenvalue weighted by molar-refractivity contribution is -0.124. The third-order valence-electron chi connectivity index (χ3n) is 3.22. The molecule has 5 heteroatoms. The van der Waals surface area contributed by atoms with Gasteiger partial charge in [-0.2, -0.15) is 0 Å². The maximum absolute atomic E-state index is 12.1. The van der Waals surface area contributed by atoms with Crippen LogP contribution in [0.1, 0.15) is 12.8 Å². The Bertz CT molecular complexity index is 624. The van der Waals surface area contributed by atoms with E-state index in [2.05, 4.69) is 26.2 Å². The van der Waals surface area contributed by atoms with Crippen molar-refractivity contribution in [3.05, 3.63) is 35.1 Å². The number of fused-ring (bicyclic) bond motifs is 1. The molecule has 19 heavy (non-hydrogen) atoms. The van der Waals surface area contributed by atoms with Gasteiger partial charge in [-0.1, -0.05) is 24.3 Å². The second-order valence-corrected chi connectivity index (χ2v) is 5.25. The van der Waals surface area contributed by atoms with Crippen molar-refractivity contribution in [2.45, 2.75) is 18.9 Å². The Morgan fingerprint density at radius 3 is 3.05 bits per heavy atom. The fourth-order valence-electron chi connectivity index (χ4n) is 2.25. The van der Waals surface area contributed by atoms with Crippen LogP contribution in [0, 0.1) is 0 Å². The molecule has 3 rings (SSSR count). The average molecular weight is 321 g/mol. The summed E-state index contributed by atoms with van der Waals surface area (Å²) in [7, 11) is 0. The number of anilines is 1. The fraction of sp³-hybridized carbons (Fsp3) is 0.286. The van der Waals surface area contributed by atoms with Crippen molar-refractivity contribution in [2.24, 2.45) is 0 Å². The fourth-order valence-corrected chi connectivity index (χ4v) is 2.66. The van der Waals surface area contributed by atoms with Gasteiger partial charge in [0.1, 0.15) is 10.7 Å². The van der Waals surface area contributed by atoms with Crippen molar-refractivity contribution < 1.29 is 9.53 Å². The first-order chi connectivity index (χ1) is 9.25. The van der Waals surface area contributed by atoms with Crippen molar-refractivity contribution >= 4 is 38.3 Å². The van der Waals surface area contributed by atoms with Crippen LogP contribution in [0.4, 0.5) is 5.69 Å². The summed E-state index contributed by atoms with van der Waals surface area (Å²) in [6.45, 7) is 0.660. The standard InChI is InChI=1S/C14H13BrN2O2/c15-13-12(17-14(18)11-6-3-7-19-11)10-5-2-1-4-9(10)8-16-13/h1-2,4-5,8,11H,3,6-7H2,(H,17,18). The molecule has 0 radical (unpaired) electrons. The first-order valence-electron chi connectivity index (χ1n) is 6.21. The maximum Gasteiger partial charge on any atom is 0.253 e. The van der Waals surface area contributed by atoms with Gasteiger partial charge in [0.2, 0.25) is 0 Å². The first kappa shape index (κ1) is 12.6. The molecule has 0 aliphatic carbocycles. The van der Waals surface area contributed by atoms with Gasteiger partial charge in [0.25, 0.3) is 5.91 Å². The van der Waals surface area contributed by atoms with Crippen LogP contribution >= 0.6 is 15.9 Å². The number of carbonyl (C=O) groups excluding carboxylic acids is 1. The van der Waals surface area contributed by atoms with Gasteiger partial charge >= 0.3 is 0 Å². The molecule has 1 amide bonds. The third-order valence-corrected chi connectivity index (χ3v) is 3.82. The van der Waals surface area contributed by atoms with Crippen molar-refractivity contribution in [3.63, 3.8) is 0 Å². The van der Waals surface area contributed by atoms with Crippen LogP contribution in [-0.2, 0) is 9.53 Å². The highest BCUT2D eigenvalue weighted by Gasteiger charge is 2.24. The molecule has 1 unspecified atom stereocenters. The SMILES string of the molecule is O=C(Nc1c(Br)ncc2ccccc12)C1CCCO1. The van der Waals surface area contributed by atoms with Gasteiger partial charge in [0.05, 0.1) is 5.69 Å². The van der Waals surface area contributed by atoms with Gasteiger partial charge in [-0.15, -0.1) is 0 Å². The van der Waals surface area contributed by atoms with Crippen LogP contribution in [0.15, 0.2) is 35.1 Å². The smallest absolute Gasteiger partial charge is 0.253 e. The summed E-state index contributed by atoms with van der Waals surface area (Å²) in [6, 6.07) is 7.82. The summed E-state index contributed by atoms with van der Waals surface area (Å²) in [5, 5.41) is 4.88. The van der Waals surface area contributed by atoms with Gasteiger partial charge in [0.15, 0.2) is 0 Å². The van der Waals surface area contributed by atoms with Crippen LogP contribution in [0.5, 0.6) is 0 Å². The zero-order chi connectivity index (χ0) is 13.2. The number of aromatic nitrogens is 1. The number of hydrogen-bond donors (Lipinski definition) is 1. The highest BCUT2D eigenvalue weighted by atomic mass is 79.9. The van der Waals surface area contributed by atoms with Crippen LogP contribution < -0.4 is 5.32 Å². The second-order valence-electron chi connectivity index (χ2n) is 4.50. The number of amides is 1. The molecule has 2 heterocycles. The molecule has 98 valence electrons. The predicted octanol–water partition coefficient (Wildman–Crippen LogP) is 3.11. The van der Waals surface area contributed by atoms with E-state index in [0.717, 1.165) is 23.6 Å². The Hall–Kier alpha value is -1.46. The molecule has 0 bridgehead atoms. The van der Waals surface area contributed by atoms with E-state index in [9.17, 15) is 4.79 Å². The number of ether oxygens (including phenoxy) is 1. The highest BCUT2D eigenvalue weighted by molar-refractivity contribution is 9.10. The molecule has 1 aromatic carbocycles. The lowest BCUT2D eigenvalue weighted by Crippen LogP contribution is -2.27. The molecule has 0 saturated carbocycles. The minimum Gasteiger partial charge on any atom is -0.368 e. The molecule has 1 aromatic heterocycles. The molecule has 1 fully saturated rings. The molecule has 0 spiro atoms. The zero-order valence-corrected chi connectivity index (χ0v) is 11.8. The Labute approximate surface area is 119 Å². The summed E-state index contributed by atoms with van der Waals surface area (Å²) in [5.74, 6) is -0.101. The van der Waals surface area contributed by atoms with Gasteiger partial charge in [-0.3, -0.25) is 4.79 Å². The van der Waals surface area contributed by atoms with Gasteiger partial charge in [0, 0.05) is 23.6 Å². The Kier molecular flexibility index (Phi) is 3.48. The topological polar surface area (TPSA) is 51.2 Å². The van der Waals surface area contributed by atoms with Crippen molar-refractivity contribution in [2.75, 3.05) is 11.9 Å². The van der Waals surface area contributed by atoms with E-state index >= 15 is 0 Å². The monoisotopic (exact) mass is 320 g/mol. The number of halogens is 1. The van der Waals surface area contributed by atoms with Crippen molar-refractivity contribution in [1.82, 2.24) is 4.98 Å². The normalized spacial score (nSPS) is 18.7. The van der Waals surface area contributed by atoms with E-state index in [4.69, 9.17) is 4.74 Å². The summed E-state index contributed by atoms with van der Waals surface area (Å²) < 4.78 is 6.03. The molecule has 4 nitrogen and oxygen atoms in total. The number of nitrogens with one attached hydrogen (secondary N) is 1. The van der Waals surface area contributed by atoms with Crippen LogP contribution in [0.25, 0.3) is 10.8 Å². The van der Waals surface area contributed by atoms with Crippen LogP contribution in [0.2, 0.25) is 0 Å². The molecule has 1 atom stereocenters. The number of rotatable bonds is 2. The number of benzene rings is 1. The van der Waals surface area contributed by atoms with E-state index in [1.165, 1.54) is 0 Å². The van der Waals surface area contributed by atoms with Crippen molar-refractivity contribution in [3.8, 4) is 0 Å². The summed E-state index contributed by atoms with van der Waals surface area (Å²) >= 11 is 3.39. The Morgan fingerprint density at radius 1 is 1.42 bits per heavy atom. The first-order valence-corrected chi connectivity index (χ1v) is 7.01. The second kappa shape index (κ2) is 5.27. The number of pyridine rings is 1. The molecule has 1 aliphatic rings. The lowest BCUT2D eigenvalue weighted by Gasteiger charge is -2.13. The summed E-state index contributed by atoms with van der Waals surface area (Å²) in [4.78, 5) is 16.4. The minimum atomic E-state index is -0.342. The summed E-state index contributed by atoms with van der Waals surface area (Å²) in [6.07, 6.45) is 3.15. The molecular weight excluding hydrogens is 308 g/mol. The van der Waals surface area contributed by atoms with Crippen LogP contribution in [0.3, 0.4) is 0 Å². The maximum atomic E-state index is 12.1. The molecule has 1 saturated heterocycles. The average Bonchev–Trinajstić information content (AvgIpc) is 2.96. The van der Waals surface area contributed by atoms with E-state index in [1.807, 2.05) is 24.3 Å². The Morgan fingerprint density at radius 2 is 2.26 bits per heavy atom. The number of hydrogen-bond acceptors (Lipinski definition) is 3. The van der Waals surface area contributed by atoms with E-state index in [-0.39, 0.29) is 12.0 Å². The Balaban J connectivity index is 1.95. The predicted molar refractivity (Wildman–Crippen MR) is 77.0 cm³/mol. The molecule has 2 aromatic rings. The number of carbonyl (C=O) groups is 1. The van der Waals surface area contributed by atoms with Gasteiger partial charge in [-0.25, -0.2) is 4.98 Å².